The Morgan fingerprint density at radius 2 is 1.77 bits per heavy atom. The molecule has 1 saturated heterocycles. The van der Waals surface area contributed by atoms with Gasteiger partial charge in [0.2, 0.25) is 5.91 Å². The van der Waals surface area contributed by atoms with Crippen LogP contribution >= 0.6 is 0 Å². The molecule has 4 atom stereocenters. The van der Waals surface area contributed by atoms with E-state index in [1.807, 2.05) is 6.92 Å². The van der Waals surface area contributed by atoms with Gasteiger partial charge in [-0.1, -0.05) is 6.92 Å². The highest BCUT2D eigenvalue weighted by Gasteiger charge is 2.44. The van der Waals surface area contributed by atoms with E-state index in [1.165, 1.54) is 0 Å². The molecule has 0 spiro atoms. The first-order valence-electron chi connectivity index (χ1n) is 4.74. The van der Waals surface area contributed by atoms with Crippen molar-refractivity contribution in [3.05, 3.63) is 0 Å². The van der Waals surface area contributed by atoms with Crippen LogP contribution in [0.5, 0.6) is 0 Å². The van der Waals surface area contributed by atoms with Crippen molar-refractivity contribution in [3.8, 4) is 0 Å². The number of likely N-dealkylation sites (tertiary alicyclic amines) is 1. The number of rotatable bonds is 1. The summed E-state index contributed by atoms with van der Waals surface area (Å²) in [6.45, 7) is 2.64. The summed E-state index contributed by atoms with van der Waals surface area (Å²) in [5, 5.41) is 18.5. The zero-order valence-electron chi connectivity index (χ0n) is 7.68. The third-order valence-corrected chi connectivity index (χ3v) is 3.00. The second-order valence-corrected chi connectivity index (χ2v) is 4.20. The molecule has 0 aromatic carbocycles. The van der Waals surface area contributed by atoms with E-state index >= 15 is 0 Å². The fourth-order valence-corrected chi connectivity index (χ4v) is 1.85. The molecule has 1 aliphatic heterocycles. The molecule has 1 saturated carbocycles. The highest BCUT2D eigenvalue weighted by atomic mass is 16.3. The van der Waals surface area contributed by atoms with Crippen LogP contribution in [0.1, 0.15) is 13.3 Å². The number of carbonyl (C=O) groups is 1. The van der Waals surface area contributed by atoms with E-state index in [-0.39, 0.29) is 11.8 Å². The number of hydrogen-bond acceptors (Lipinski definition) is 3. The molecule has 2 aliphatic rings. The first-order valence-corrected chi connectivity index (χ1v) is 4.74. The summed E-state index contributed by atoms with van der Waals surface area (Å²) in [4.78, 5) is 13.2. The Hall–Kier alpha value is -0.610. The van der Waals surface area contributed by atoms with E-state index in [0.717, 1.165) is 6.42 Å². The summed E-state index contributed by atoms with van der Waals surface area (Å²) in [5.41, 5.74) is 0. The van der Waals surface area contributed by atoms with Gasteiger partial charge in [-0.2, -0.15) is 0 Å². The minimum atomic E-state index is -0.752. The van der Waals surface area contributed by atoms with Crippen LogP contribution in [-0.4, -0.2) is 46.3 Å². The van der Waals surface area contributed by atoms with Gasteiger partial charge in [0.05, 0.1) is 12.2 Å². The van der Waals surface area contributed by atoms with Gasteiger partial charge in [-0.15, -0.1) is 0 Å². The van der Waals surface area contributed by atoms with Crippen LogP contribution < -0.4 is 0 Å². The summed E-state index contributed by atoms with van der Waals surface area (Å²) < 4.78 is 0. The number of β-amino-alcohol motifs (C(OH)–C–C–N with tert-alkyl or cyclic N) is 2. The summed E-state index contributed by atoms with van der Waals surface area (Å²) in [7, 11) is 0. The number of amides is 1. The molecule has 1 heterocycles. The van der Waals surface area contributed by atoms with Crippen molar-refractivity contribution in [2.75, 3.05) is 13.1 Å². The SMILES string of the molecule is CC1CC1C(=O)N1C[C@@H](O)[C@@H](O)C1. The topological polar surface area (TPSA) is 60.8 Å². The van der Waals surface area contributed by atoms with Gasteiger partial charge >= 0.3 is 0 Å². The maximum Gasteiger partial charge on any atom is 0.226 e. The van der Waals surface area contributed by atoms with Crippen LogP contribution in [0.3, 0.4) is 0 Å². The first kappa shape index (κ1) is 8.97. The molecule has 2 rings (SSSR count). The average Bonchev–Trinajstić information content (AvgIpc) is 2.70. The van der Waals surface area contributed by atoms with Crippen LogP contribution in [0.4, 0.5) is 0 Å². The maximum absolute atomic E-state index is 11.6. The molecule has 0 radical (unpaired) electrons. The molecule has 1 amide bonds. The van der Waals surface area contributed by atoms with E-state index in [1.54, 1.807) is 4.90 Å². The van der Waals surface area contributed by atoms with Gasteiger partial charge in [-0.05, 0) is 12.3 Å². The molecular weight excluding hydrogens is 170 g/mol. The lowest BCUT2D eigenvalue weighted by Gasteiger charge is -2.14. The fraction of sp³-hybridized carbons (Fsp3) is 0.889. The molecule has 2 unspecified atom stereocenters. The highest BCUT2D eigenvalue weighted by molar-refractivity contribution is 5.82. The van der Waals surface area contributed by atoms with Gasteiger partial charge in [-0.25, -0.2) is 0 Å². The van der Waals surface area contributed by atoms with Crippen molar-refractivity contribution < 1.29 is 15.0 Å². The quantitative estimate of drug-likeness (QED) is 0.562. The van der Waals surface area contributed by atoms with Crippen molar-refractivity contribution in [3.63, 3.8) is 0 Å². The zero-order valence-corrected chi connectivity index (χ0v) is 7.68. The Kier molecular flexibility index (Phi) is 2.04. The van der Waals surface area contributed by atoms with Crippen molar-refractivity contribution in [2.45, 2.75) is 25.6 Å². The third-order valence-electron chi connectivity index (χ3n) is 3.00. The monoisotopic (exact) mass is 185 g/mol. The molecule has 74 valence electrons. The Bertz CT molecular complexity index is 221. The largest absolute Gasteiger partial charge is 0.388 e. The standard InChI is InChI=1S/C9H15NO3/c1-5-2-6(5)9(13)10-3-7(11)8(12)4-10/h5-8,11-12H,2-4H2,1H3/t5?,6?,7-,8+. The molecule has 0 aromatic rings. The van der Waals surface area contributed by atoms with E-state index < -0.39 is 12.2 Å². The number of carbonyl (C=O) groups excluding carboxylic acids is 1. The number of nitrogens with zero attached hydrogens (tertiary/aromatic N) is 1. The molecular formula is C9H15NO3. The molecule has 0 bridgehead atoms. The van der Waals surface area contributed by atoms with Gasteiger partial charge in [-0.3, -0.25) is 4.79 Å². The summed E-state index contributed by atoms with van der Waals surface area (Å²) in [6, 6.07) is 0. The molecule has 2 N–H and O–H groups in total. The molecule has 13 heavy (non-hydrogen) atoms. The van der Waals surface area contributed by atoms with Crippen molar-refractivity contribution in [2.24, 2.45) is 11.8 Å². The second-order valence-electron chi connectivity index (χ2n) is 4.20. The van der Waals surface area contributed by atoms with Crippen LogP contribution in [0.15, 0.2) is 0 Å². The van der Waals surface area contributed by atoms with E-state index in [2.05, 4.69) is 0 Å². The van der Waals surface area contributed by atoms with Gasteiger partial charge < -0.3 is 15.1 Å². The normalized spacial score (nSPS) is 43.8. The predicted molar refractivity (Wildman–Crippen MR) is 45.9 cm³/mol. The number of hydrogen-bond donors (Lipinski definition) is 2. The highest BCUT2D eigenvalue weighted by Crippen LogP contribution is 2.39. The van der Waals surface area contributed by atoms with Gasteiger partial charge in [0.25, 0.3) is 0 Å². The van der Waals surface area contributed by atoms with E-state index in [0.29, 0.717) is 19.0 Å². The molecule has 2 fully saturated rings. The lowest BCUT2D eigenvalue weighted by molar-refractivity contribution is -0.132. The van der Waals surface area contributed by atoms with Gasteiger partial charge in [0.15, 0.2) is 0 Å². The Morgan fingerprint density at radius 3 is 2.15 bits per heavy atom. The van der Waals surface area contributed by atoms with Crippen molar-refractivity contribution in [1.29, 1.82) is 0 Å². The second kappa shape index (κ2) is 2.96. The first-order chi connectivity index (χ1) is 6.09. The third kappa shape index (κ3) is 1.56. The molecule has 4 heteroatoms. The lowest BCUT2D eigenvalue weighted by atomic mass is 10.3. The zero-order chi connectivity index (χ0) is 9.59. The maximum atomic E-state index is 11.6. The summed E-state index contributed by atoms with van der Waals surface area (Å²) >= 11 is 0. The number of aliphatic hydroxyl groups excluding tert-OH is 2. The Labute approximate surface area is 77.2 Å². The minimum absolute atomic E-state index is 0.100. The van der Waals surface area contributed by atoms with Crippen molar-refractivity contribution >= 4 is 5.91 Å². The number of aliphatic hydroxyl groups is 2. The summed E-state index contributed by atoms with van der Waals surface area (Å²) in [6.07, 6.45) is -0.544. The predicted octanol–water partition coefficient (Wildman–Crippen LogP) is -0.794. The van der Waals surface area contributed by atoms with E-state index in [9.17, 15) is 15.0 Å². The summed E-state index contributed by atoms with van der Waals surface area (Å²) in [5.74, 6) is 0.739. The fourth-order valence-electron chi connectivity index (χ4n) is 1.85. The van der Waals surface area contributed by atoms with E-state index in [4.69, 9.17) is 0 Å². The Balaban J connectivity index is 1.92. The molecule has 4 nitrogen and oxygen atoms in total. The van der Waals surface area contributed by atoms with Gasteiger partial charge in [0, 0.05) is 19.0 Å². The van der Waals surface area contributed by atoms with Crippen LogP contribution in [0.25, 0.3) is 0 Å². The average molecular weight is 185 g/mol. The van der Waals surface area contributed by atoms with Crippen molar-refractivity contribution in [1.82, 2.24) is 4.90 Å². The minimum Gasteiger partial charge on any atom is -0.388 e. The smallest absolute Gasteiger partial charge is 0.226 e. The lowest BCUT2D eigenvalue weighted by Crippen LogP contribution is -2.31. The van der Waals surface area contributed by atoms with Crippen LogP contribution in [0.2, 0.25) is 0 Å². The Morgan fingerprint density at radius 1 is 1.31 bits per heavy atom. The van der Waals surface area contributed by atoms with Crippen LogP contribution in [0, 0.1) is 11.8 Å². The van der Waals surface area contributed by atoms with Gasteiger partial charge in [0.1, 0.15) is 0 Å². The van der Waals surface area contributed by atoms with Crippen LogP contribution in [-0.2, 0) is 4.79 Å². The molecule has 1 aliphatic carbocycles. The molecule has 0 aromatic heterocycles.